The standard InChI is InChI=1S/C17H34N4/c1-6-18-15(21-14-16(2,3)17(21,4)5)19-10-13-20-11-8-7-9-12-20/h6-14H2,1-5H3,(H,18,19). The van der Waals surface area contributed by atoms with E-state index in [0.29, 0.717) is 5.41 Å². The van der Waals surface area contributed by atoms with Gasteiger partial charge in [0.05, 0.1) is 6.54 Å². The minimum atomic E-state index is 0.180. The van der Waals surface area contributed by atoms with Crippen molar-refractivity contribution in [2.24, 2.45) is 10.4 Å². The van der Waals surface area contributed by atoms with Gasteiger partial charge in [0.1, 0.15) is 0 Å². The highest BCUT2D eigenvalue weighted by atomic mass is 15.4. The molecule has 4 heteroatoms. The van der Waals surface area contributed by atoms with E-state index >= 15 is 0 Å². The minimum Gasteiger partial charge on any atom is -0.356 e. The highest BCUT2D eigenvalue weighted by Crippen LogP contribution is 2.46. The lowest BCUT2D eigenvalue weighted by molar-refractivity contribution is -0.0667. The van der Waals surface area contributed by atoms with E-state index < -0.39 is 0 Å². The van der Waals surface area contributed by atoms with Crippen LogP contribution < -0.4 is 5.32 Å². The van der Waals surface area contributed by atoms with E-state index in [1.165, 1.54) is 32.4 Å². The molecule has 0 aromatic rings. The summed E-state index contributed by atoms with van der Waals surface area (Å²) in [5, 5.41) is 3.47. The summed E-state index contributed by atoms with van der Waals surface area (Å²) < 4.78 is 0. The first-order valence-corrected chi connectivity index (χ1v) is 8.67. The number of hydrogen-bond acceptors (Lipinski definition) is 2. The van der Waals surface area contributed by atoms with Gasteiger partial charge in [-0.15, -0.1) is 0 Å². The normalized spacial score (nSPS) is 25.6. The van der Waals surface area contributed by atoms with Crippen LogP contribution in [0.15, 0.2) is 4.99 Å². The second kappa shape index (κ2) is 6.55. The number of nitrogens with one attached hydrogen (secondary N) is 1. The van der Waals surface area contributed by atoms with Crippen molar-refractivity contribution in [1.29, 1.82) is 0 Å². The molecule has 4 nitrogen and oxygen atoms in total. The van der Waals surface area contributed by atoms with Crippen molar-refractivity contribution in [3.8, 4) is 0 Å². The third-order valence-corrected chi connectivity index (χ3v) is 5.60. The summed E-state index contributed by atoms with van der Waals surface area (Å²) in [5.41, 5.74) is 0.537. The highest BCUT2D eigenvalue weighted by molar-refractivity contribution is 5.82. The molecule has 0 amide bonds. The Bertz CT molecular complexity index is 367. The second-order valence-corrected chi connectivity index (χ2v) is 7.67. The maximum absolute atomic E-state index is 4.88. The molecular weight excluding hydrogens is 260 g/mol. The zero-order chi connectivity index (χ0) is 15.5. The van der Waals surface area contributed by atoms with Gasteiger partial charge < -0.3 is 15.1 Å². The molecule has 21 heavy (non-hydrogen) atoms. The fraction of sp³-hybridized carbons (Fsp3) is 0.941. The van der Waals surface area contributed by atoms with Crippen LogP contribution in [0, 0.1) is 5.41 Å². The molecule has 0 unspecified atom stereocenters. The molecule has 0 bridgehead atoms. The van der Waals surface area contributed by atoms with Gasteiger partial charge in [-0.1, -0.05) is 20.3 Å². The Hall–Kier alpha value is -0.770. The van der Waals surface area contributed by atoms with Crippen LogP contribution in [0.5, 0.6) is 0 Å². The third-order valence-electron chi connectivity index (χ3n) is 5.60. The highest BCUT2D eigenvalue weighted by Gasteiger charge is 2.53. The van der Waals surface area contributed by atoms with Crippen LogP contribution in [-0.4, -0.2) is 60.6 Å². The van der Waals surface area contributed by atoms with E-state index in [4.69, 9.17) is 4.99 Å². The van der Waals surface area contributed by atoms with Crippen molar-refractivity contribution in [3.05, 3.63) is 0 Å². The quantitative estimate of drug-likeness (QED) is 0.638. The summed E-state index contributed by atoms with van der Waals surface area (Å²) in [5.74, 6) is 1.10. The maximum Gasteiger partial charge on any atom is 0.194 e. The van der Waals surface area contributed by atoms with Crippen LogP contribution in [0.3, 0.4) is 0 Å². The zero-order valence-electron chi connectivity index (χ0n) is 14.7. The van der Waals surface area contributed by atoms with Gasteiger partial charge in [-0.2, -0.15) is 0 Å². The van der Waals surface area contributed by atoms with Crippen molar-refractivity contribution in [2.45, 2.75) is 59.4 Å². The number of likely N-dealkylation sites (tertiary alicyclic amines) is 2. The molecule has 0 radical (unpaired) electrons. The number of aliphatic imine (C=N–C) groups is 1. The Morgan fingerprint density at radius 1 is 1.10 bits per heavy atom. The fourth-order valence-electron chi connectivity index (χ4n) is 3.28. The molecule has 0 saturated carbocycles. The molecule has 0 spiro atoms. The van der Waals surface area contributed by atoms with E-state index in [1.54, 1.807) is 0 Å². The van der Waals surface area contributed by atoms with Crippen LogP contribution >= 0.6 is 0 Å². The Morgan fingerprint density at radius 3 is 2.29 bits per heavy atom. The number of piperidine rings is 1. The predicted octanol–water partition coefficient (Wildman–Crippen LogP) is 2.56. The average molecular weight is 294 g/mol. The maximum atomic E-state index is 4.88. The van der Waals surface area contributed by atoms with Crippen LogP contribution in [0.2, 0.25) is 0 Å². The molecule has 0 atom stereocenters. The monoisotopic (exact) mass is 294 g/mol. The Morgan fingerprint density at radius 2 is 1.76 bits per heavy atom. The predicted molar refractivity (Wildman–Crippen MR) is 90.8 cm³/mol. The second-order valence-electron chi connectivity index (χ2n) is 7.67. The molecule has 2 rings (SSSR count). The van der Waals surface area contributed by atoms with Crippen LogP contribution in [0.25, 0.3) is 0 Å². The molecule has 2 aliphatic rings. The molecule has 0 aromatic carbocycles. The minimum absolute atomic E-state index is 0.180. The first-order valence-electron chi connectivity index (χ1n) is 8.67. The zero-order valence-corrected chi connectivity index (χ0v) is 14.7. The number of nitrogens with zero attached hydrogens (tertiary/aromatic N) is 3. The van der Waals surface area contributed by atoms with Gasteiger partial charge in [0.2, 0.25) is 0 Å². The molecule has 0 aromatic heterocycles. The lowest BCUT2D eigenvalue weighted by atomic mass is 9.65. The summed E-state index contributed by atoms with van der Waals surface area (Å²) in [7, 11) is 0. The summed E-state index contributed by atoms with van der Waals surface area (Å²) in [6.45, 7) is 18.1. The summed E-state index contributed by atoms with van der Waals surface area (Å²) in [6.07, 6.45) is 4.12. The van der Waals surface area contributed by atoms with Crippen LogP contribution in [-0.2, 0) is 0 Å². The smallest absolute Gasteiger partial charge is 0.194 e. The van der Waals surface area contributed by atoms with Gasteiger partial charge in [-0.05, 0) is 46.7 Å². The Labute approximate surface area is 131 Å². The van der Waals surface area contributed by atoms with Gasteiger partial charge in [0.15, 0.2) is 5.96 Å². The Kier molecular flexibility index (Phi) is 5.18. The lowest BCUT2D eigenvalue weighted by Crippen LogP contribution is -2.72. The van der Waals surface area contributed by atoms with Gasteiger partial charge in [-0.3, -0.25) is 4.99 Å². The first kappa shape index (κ1) is 16.6. The van der Waals surface area contributed by atoms with Crippen LogP contribution in [0.1, 0.15) is 53.9 Å². The number of hydrogen-bond donors (Lipinski definition) is 1. The molecule has 2 heterocycles. The van der Waals surface area contributed by atoms with Crippen LogP contribution in [0.4, 0.5) is 0 Å². The van der Waals surface area contributed by atoms with E-state index in [9.17, 15) is 0 Å². The number of guanidine groups is 1. The molecule has 2 saturated heterocycles. The van der Waals surface area contributed by atoms with E-state index in [-0.39, 0.29) is 5.54 Å². The van der Waals surface area contributed by atoms with Gasteiger partial charge in [-0.25, -0.2) is 0 Å². The Balaban J connectivity index is 1.91. The van der Waals surface area contributed by atoms with E-state index in [1.807, 2.05) is 0 Å². The largest absolute Gasteiger partial charge is 0.356 e. The molecule has 122 valence electrons. The van der Waals surface area contributed by atoms with Crippen molar-refractivity contribution in [1.82, 2.24) is 15.1 Å². The van der Waals surface area contributed by atoms with Gasteiger partial charge >= 0.3 is 0 Å². The fourth-order valence-corrected chi connectivity index (χ4v) is 3.28. The van der Waals surface area contributed by atoms with Gasteiger partial charge in [0.25, 0.3) is 0 Å². The topological polar surface area (TPSA) is 30.9 Å². The molecular formula is C17H34N4. The van der Waals surface area contributed by atoms with Crippen molar-refractivity contribution >= 4 is 5.96 Å². The van der Waals surface area contributed by atoms with Crippen molar-refractivity contribution in [3.63, 3.8) is 0 Å². The molecule has 0 aliphatic carbocycles. The molecule has 2 aliphatic heterocycles. The third kappa shape index (κ3) is 3.53. The van der Waals surface area contributed by atoms with E-state index in [2.05, 4.69) is 49.7 Å². The summed E-state index contributed by atoms with van der Waals surface area (Å²) in [4.78, 5) is 9.88. The first-order chi connectivity index (χ1) is 9.88. The summed E-state index contributed by atoms with van der Waals surface area (Å²) >= 11 is 0. The molecule has 2 fully saturated rings. The summed E-state index contributed by atoms with van der Waals surface area (Å²) in [6, 6.07) is 0. The van der Waals surface area contributed by atoms with Crippen molar-refractivity contribution in [2.75, 3.05) is 39.3 Å². The van der Waals surface area contributed by atoms with Crippen molar-refractivity contribution < 1.29 is 0 Å². The van der Waals surface area contributed by atoms with Gasteiger partial charge in [0, 0.05) is 30.6 Å². The SMILES string of the molecule is CCNC(=NCCN1CCCCC1)N1CC(C)(C)C1(C)C. The lowest BCUT2D eigenvalue weighted by Gasteiger charge is -2.62. The van der Waals surface area contributed by atoms with E-state index in [0.717, 1.165) is 32.1 Å². The number of rotatable bonds is 4. The molecule has 1 N–H and O–H groups in total. The average Bonchev–Trinajstić information content (AvgIpc) is 2.45.